The van der Waals surface area contributed by atoms with Crippen LogP contribution >= 0.6 is 22.9 Å². The van der Waals surface area contributed by atoms with Crippen molar-refractivity contribution in [2.24, 2.45) is 0 Å². The fraction of sp³-hybridized carbons (Fsp3) is 0.0909. The number of rotatable bonds is 3. The number of hydrogen-bond donors (Lipinski definition) is 2. The van der Waals surface area contributed by atoms with E-state index in [9.17, 15) is 4.79 Å². The number of urea groups is 1. The topological polar surface area (TPSA) is 54.0 Å². The number of aromatic nitrogens is 1. The van der Waals surface area contributed by atoms with E-state index in [-0.39, 0.29) is 6.03 Å². The number of nitrogens with zero attached hydrogens (tertiary/aromatic N) is 1. The van der Waals surface area contributed by atoms with Gasteiger partial charge in [-0.15, -0.1) is 11.3 Å². The van der Waals surface area contributed by atoms with Crippen molar-refractivity contribution in [2.75, 3.05) is 5.32 Å². The summed E-state index contributed by atoms with van der Waals surface area (Å²) in [6, 6.07) is 6.66. The van der Waals surface area contributed by atoms with Crippen LogP contribution in [0.1, 0.15) is 5.01 Å². The highest BCUT2D eigenvalue weighted by atomic mass is 35.5. The van der Waals surface area contributed by atoms with Crippen LogP contribution in [0.25, 0.3) is 0 Å². The Bertz CT molecular complexity index is 484. The van der Waals surface area contributed by atoms with E-state index in [2.05, 4.69) is 15.6 Å². The molecule has 0 saturated carbocycles. The van der Waals surface area contributed by atoms with Gasteiger partial charge < -0.3 is 10.6 Å². The molecule has 4 nitrogen and oxygen atoms in total. The Morgan fingerprint density at radius 3 is 2.76 bits per heavy atom. The van der Waals surface area contributed by atoms with Gasteiger partial charge >= 0.3 is 6.03 Å². The van der Waals surface area contributed by atoms with Crippen LogP contribution < -0.4 is 10.6 Å². The zero-order valence-corrected chi connectivity index (χ0v) is 10.4. The first-order valence-corrected chi connectivity index (χ1v) is 6.18. The van der Waals surface area contributed by atoms with E-state index in [1.54, 1.807) is 30.5 Å². The Labute approximate surface area is 108 Å². The minimum absolute atomic E-state index is 0.262. The number of amides is 2. The predicted octanol–water partition coefficient (Wildman–Crippen LogP) is 3.12. The van der Waals surface area contributed by atoms with Crippen molar-refractivity contribution in [3.8, 4) is 0 Å². The fourth-order valence-corrected chi connectivity index (χ4v) is 1.89. The number of anilines is 1. The van der Waals surface area contributed by atoms with E-state index >= 15 is 0 Å². The van der Waals surface area contributed by atoms with Gasteiger partial charge in [-0.25, -0.2) is 9.78 Å². The van der Waals surface area contributed by atoms with Crippen molar-refractivity contribution < 1.29 is 4.79 Å². The van der Waals surface area contributed by atoms with E-state index in [4.69, 9.17) is 11.6 Å². The minimum Gasteiger partial charge on any atom is -0.331 e. The molecule has 0 aliphatic heterocycles. The number of benzene rings is 1. The molecule has 2 N–H and O–H groups in total. The average Bonchev–Trinajstić information content (AvgIpc) is 2.83. The summed E-state index contributed by atoms with van der Waals surface area (Å²) in [5, 5.41) is 8.79. The maximum absolute atomic E-state index is 11.5. The molecule has 0 spiro atoms. The molecular weight excluding hydrogens is 258 g/mol. The van der Waals surface area contributed by atoms with E-state index < -0.39 is 0 Å². The summed E-state index contributed by atoms with van der Waals surface area (Å²) in [5.74, 6) is 0. The maximum Gasteiger partial charge on any atom is 0.319 e. The molecule has 2 aromatic rings. The molecule has 2 rings (SSSR count). The second-order valence-electron chi connectivity index (χ2n) is 3.24. The van der Waals surface area contributed by atoms with E-state index in [0.717, 1.165) is 5.01 Å². The Kier molecular flexibility index (Phi) is 3.95. The second kappa shape index (κ2) is 5.65. The van der Waals surface area contributed by atoms with Crippen molar-refractivity contribution in [1.29, 1.82) is 0 Å². The first-order chi connectivity index (χ1) is 8.24. The molecular formula is C11H10ClN3OS. The van der Waals surface area contributed by atoms with E-state index in [0.29, 0.717) is 17.3 Å². The van der Waals surface area contributed by atoms with Crippen LogP contribution in [-0.4, -0.2) is 11.0 Å². The summed E-state index contributed by atoms with van der Waals surface area (Å²) in [7, 11) is 0. The third-order valence-electron chi connectivity index (χ3n) is 1.99. The summed E-state index contributed by atoms with van der Waals surface area (Å²) in [4.78, 5) is 15.6. The molecule has 1 heterocycles. The SMILES string of the molecule is O=C(NCc1nccs1)Nc1ccc(Cl)cc1. The van der Waals surface area contributed by atoms with Crippen molar-refractivity contribution >= 4 is 34.7 Å². The Balaban J connectivity index is 1.83. The normalized spacial score (nSPS) is 9.94. The lowest BCUT2D eigenvalue weighted by molar-refractivity contribution is 0.251. The van der Waals surface area contributed by atoms with Gasteiger partial charge in [0.25, 0.3) is 0 Å². The van der Waals surface area contributed by atoms with Gasteiger partial charge in [-0.05, 0) is 24.3 Å². The van der Waals surface area contributed by atoms with Gasteiger partial charge in [-0.2, -0.15) is 0 Å². The molecule has 0 aliphatic carbocycles. The maximum atomic E-state index is 11.5. The smallest absolute Gasteiger partial charge is 0.319 e. The van der Waals surface area contributed by atoms with Gasteiger partial charge in [0, 0.05) is 22.3 Å². The summed E-state index contributed by atoms with van der Waals surface area (Å²) < 4.78 is 0. The number of halogens is 1. The second-order valence-corrected chi connectivity index (χ2v) is 4.66. The van der Waals surface area contributed by atoms with Crippen LogP contribution in [0.15, 0.2) is 35.8 Å². The standard InChI is InChI=1S/C11H10ClN3OS/c12-8-1-3-9(4-2-8)15-11(16)14-7-10-13-5-6-17-10/h1-6H,7H2,(H2,14,15,16). The number of carbonyl (C=O) groups is 1. The molecule has 2 amide bonds. The molecule has 88 valence electrons. The highest BCUT2D eigenvalue weighted by molar-refractivity contribution is 7.09. The minimum atomic E-state index is -0.262. The van der Waals surface area contributed by atoms with Gasteiger partial charge in [0.1, 0.15) is 5.01 Å². The largest absolute Gasteiger partial charge is 0.331 e. The fourth-order valence-electron chi connectivity index (χ4n) is 1.20. The van der Waals surface area contributed by atoms with E-state index in [1.165, 1.54) is 11.3 Å². The molecule has 0 saturated heterocycles. The zero-order chi connectivity index (χ0) is 12.1. The average molecular weight is 268 g/mol. The highest BCUT2D eigenvalue weighted by Crippen LogP contribution is 2.13. The first-order valence-electron chi connectivity index (χ1n) is 4.93. The molecule has 1 aromatic carbocycles. The third kappa shape index (κ3) is 3.72. The predicted molar refractivity (Wildman–Crippen MR) is 69.4 cm³/mol. The lowest BCUT2D eigenvalue weighted by Gasteiger charge is -2.06. The van der Waals surface area contributed by atoms with Crippen LogP contribution in [-0.2, 0) is 6.54 Å². The van der Waals surface area contributed by atoms with Gasteiger partial charge in [-0.1, -0.05) is 11.6 Å². The van der Waals surface area contributed by atoms with Gasteiger partial charge in [-0.3, -0.25) is 0 Å². The van der Waals surface area contributed by atoms with Crippen molar-refractivity contribution in [3.63, 3.8) is 0 Å². The number of carbonyl (C=O) groups excluding carboxylic acids is 1. The summed E-state index contributed by atoms with van der Waals surface area (Å²) in [5.41, 5.74) is 0.700. The van der Waals surface area contributed by atoms with Crippen LogP contribution in [0.2, 0.25) is 5.02 Å². The molecule has 0 fully saturated rings. The molecule has 1 aromatic heterocycles. The quantitative estimate of drug-likeness (QED) is 0.898. The van der Waals surface area contributed by atoms with Crippen LogP contribution in [0.4, 0.5) is 10.5 Å². The van der Waals surface area contributed by atoms with Crippen molar-refractivity contribution in [1.82, 2.24) is 10.3 Å². The lowest BCUT2D eigenvalue weighted by atomic mass is 10.3. The van der Waals surface area contributed by atoms with Gasteiger partial charge in [0.05, 0.1) is 6.54 Å². The Morgan fingerprint density at radius 1 is 1.35 bits per heavy atom. The lowest BCUT2D eigenvalue weighted by Crippen LogP contribution is -2.28. The molecule has 6 heteroatoms. The zero-order valence-electron chi connectivity index (χ0n) is 8.81. The third-order valence-corrected chi connectivity index (χ3v) is 3.02. The summed E-state index contributed by atoms with van der Waals surface area (Å²) in [6.07, 6.45) is 1.71. The van der Waals surface area contributed by atoms with Crippen LogP contribution in [0, 0.1) is 0 Å². The molecule has 17 heavy (non-hydrogen) atoms. The summed E-state index contributed by atoms with van der Waals surface area (Å²) >= 11 is 7.24. The van der Waals surface area contributed by atoms with Gasteiger partial charge in [0.2, 0.25) is 0 Å². The molecule has 0 radical (unpaired) electrons. The van der Waals surface area contributed by atoms with E-state index in [1.807, 2.05) is 5.38 Å². The van der Waals surface area contributed by atoms with Crippen molar-refractivity contribution in [3.05, 3.63) is 45.9 Å². The highest BCUT2D eigenvalue weighted by Gasteiger charge is 2.02. The van der Waals surface area contributed by atoms with Crippen LogP contribution in [0.3, 0.4) is 0 Å². The van der Waals surface area contributed by atoms with Crippen LogP contribution in [0.5, 0.6) is 0 Å². The number of hydrogen-bond acceptors (Lipinski definition) is 3. The van der Waals surface area contributed by atoms with Gasteiger partial charge in [0.15, 0.2) is 0 Å². The monoisotopic (exact) mass is 267 g/mol. The summed E-state index contributed by atoms with van der Waals surface area (Å²) in [6.45, 7) is 0.428. The molecule has 0 atom stereocenters. The molecule has 0 unspecified atom stereocenters. The van der Waals surface area contributed by atoms with Crippen molar-refractivity contribution in [2.45, 2.75) is 6.54 Å². The Morgan fingerprint density at radius 2 is 2.12 bits per heavy atom. The first kappa shape index (κ1) is 11.9. The number of thiazole rings is 1. The number of nitrogens with one attached hydrogen (secondary N) is 2. The molecule has 0 bridgehead atoms. The molecule has 0 aliphatic rings. The Hall–Kier alpha value is -1.59.